The zero-order valence-electron chi connectivity index (χ0n) is 14.8. The van der Waals surface area contributed by atoms with E-state index in [2.05, 4.69) is 51.6 Å². The molecular formula is C22H24O2. The van der Waals surface area contributed by atoms with Gasteiger partial charge in [0.1, 0.15) is 6.61 Å². The van der Waals surface area contributed by atoms with Crippen LogP contribution < -0.4 is 0 Å². The van der Waals surface area contributed by atoms with Crippen LogP contribution in [0.15, 0.2) is 60.7 Å². The van der Waals surface area contributed by atoms with Crippen LogP contribution in [0, 0.1) is 20.8 Å². The van der Waals surface area contributed by atoms with E-state index in [4.69, 9.17) is 4.74 Å². The summed E-state index contributed by atoms with van der Waals surface area (Å²) in [6.07, 6.45) is 1.97. The van der Waals surface area contributed by atoms with Gasteiger partial charge in [-0.2, -0.15) is 0 Å². The Morgan fingerprint density at radius 1 is 1.08 bits per heavy atom. The van der Waals surface area contributed by atoms with Crippen molar-refractivity contribution in [3.05, 3.63) is 88.5 Å². The summed E-state index contributed by atoms with van der Waals surface area (Å²) in [6.45, 7) is 11.8. The van der Waals surface area contributed by atoms with E-state index < -0.39 is 0 Å². The highest BCUT2D eigenvalue weighted by Crippen LogP contribution is 2.29. The Morgan fingerprint density at radius 3 is 2.21 bits per heavy atom. The minimum Gasteiger partial charge on any atom is -0.458 e. The molecule has 2 aromatic carbocycles. The van der Waals surface area contributed by atoms with Crippen LogP contribution in [0.2, 0.25) is 0 Å². The lowest BCUT2D eigenvalue weighted by atomic mass is 9.89. The van der Waals surface area contributed by atoms with Crippen LogP contribution in [0.5, 0.6) is 0 Å². The number of carbonyl (C=O) groups excluding carboxylic acids is 1. The lowest BCUT2D eigenvalue weighted by Gasteiger charge is -2.16. The lowest BCUT2D eigenvalue weighted by Crippen LogP contribution is -2.06. The first-order chi connectivity index (χ1) is 11.4. The van der Waals surface area contributed by atoms with Gasteiger partial charge >= 0.3 is 5.97 Å². The standard InChI is InChI=1S/C22H24O2/c1-15(2)22(23)24-12-11-20(19-9-7-6-8-10-19)21-17(4)13-16(3)14-18(21)5/h6-11,13-14H,1,12H2,2-5H3. The molecule has 0 radical (unpaired) electrons. The van der Waals surface area contributed by atoms with Crippen molar-refractivity contribution < 1.29 is 9.53 Å². The maximum atomic E-state index is 11.6. The predicted molar refractivity (Wildman–Crippen MR) is 99.9 cm³/mol. The van der Waals surface area contributed by atoms with Crippen molar-refractivity contribution in [2.24, 2.45) is 0 Å². The number of hydrogen-bond acceptors (Lipinski definition) is 2. The highest BCUT2D eigenvalue weighted by Gasteiger charge is 2.12. The first-order valence-electron chi connectivity index (χ1n) is 8.06. The van der Waals surface area contributed by atoms with E-state index in [1.807, 2.05) is 24.3 Å². The molecule has 0 saturated carbocycles. The number of carbonyl (C=O) groups is 1. The SMILES string of the molecule is C=C(C)C(=O)OCC=C(c1ccccc1)c1c(C)cc(C)cc1C. The van der Waals surface area contributed by atoms with Gasteiger partial charge in [0.15, 0.2) is 0 Å². The Labute approximate surface area is 144 Å². The highest BCUT2D eigenvalue weighted by atomic mass is 16.5. The van der Waals surface area contributed by atoms with Crippen LogP contribution in [-0.4, -0.2) is 12.6 Å². The van der Waals surface area contributed by atoms with Gasteiger partial charge in [-0.15, -0.1) is 0 Å². The number of ether oxygens (including phenoxy) is 1. The van der Waals surface area contributed by atoms with Gasteiger partial charge in [0.25, 0.3) is 0 Å². The van der Waals surface area contributed by atoms with Crippen LogP contribution in [-0.2, 0) is 9.53 Å². The van der Waals surface area contributed by atoms with Crippen molar-refractivity contribution in [1.82, 2.24) is 0 Å². The Hall–Kier alpha value is -2.61. The molecule has 0 atom stereocenters. The molecule has 0 saturated heterocycles. The van der Waals surface area contributed by atoms with Crippen molar-refractivity contribution >= 4 is 11.5 Å². The van der Waals surface area contributed by atoms with Gasteiger partial charge in [0, 0.05) is 5.57 Å². The summed E-state index contributed by atoms with van der Waals surface area (Å²) in [5.74, 6) is -0.365. The van der Waals surface area contributed by atoms with E-state index in [0.29, 0.717) is 5.57 Å². The summed E-state index contributed by atoms with van der Waals surface area (Å²) in [7, 11) is 0. The average molecular weight is 320 g/mol. The van der Waals surface area contributed by atoms with Gasteiger partial charge in [0.05, 0.1) is 0 Å². The number of hydrogen-bond donors (Lipinski definition) is 0. The van der Waals surface area contributed by atoms with Crippen LogP contribution in [0.25, 0.3) is 5.57 Å². The van der Waals surface area contributed by atoms with E-state index in [-0.39, 0.29) is 12.6 Å². The molecule has 2 aromatic rings. The zero-order chi connectivity index (χ0) is 17.7. The monoisotopic (exact) mass is 320 g/mol. The van der Waals surface area contributed by atoms with E-state index in [1.165, 1.54) is 22.3 Å². The van der Waals surface area contributed by atoms with Crippen molar-refractivity contribution in [2.75, 3.05) is 6.61 Å². The fraction of sp³-hybridized carbons (Fsp3) is 0.227. The molecule has 0 heterocycles. The summed E-state index contributed by atoms with van der Waals surface area (Å²) in [5, 5.41) is 0. The minimum absolute atomic E-state index is 0.225. The molecular weight excluding hydrogens is 296 g/mol. The molecule has 0 spiro atoms. The second-order valence-corrected chi connectivity index (χ2v) is 6.14. The molecule has 0 aliphatic heterocycles. The molecule has 0 aliphatic rings. The average Bonchev–Trinajstić information content (AvgIpc) is 2.53. The zero-order valence-corrected chi connectivity index (χ0v) is 14.8. The summed E-state index contributed by atoms with van der Waals surface area (Å²) in [5.41, 5.74) is 7.47. The molecule has 0 amide bonds. The molecule has 0 fully saturated rings. The van der Waals surface area contributed by atoms with Crippen molar-refractivity contribution in [3.8, 4) is 0 Å². The number of esters is 1. The van der Waals surface area contributed by atoms with Crippen LogP contribution in [0.4, 0.5) is 0 Å². The van der Waals surface area contributed by atoms with Gasteiger partial charge in [-0.1, -0.05) is 54.6 Å². The van der Waals surface area contributed by atoms with Gasteiger partial charge in [-0.25, -0.2) is 4.79 Å². The van der Waals surface area contributed by atoms with Crippen molar-refractivity contribution in [2.45, 2.75) is 27.7 Å². The Kier molecular flexibility index (Phi) is 5.75. The maximum absolute atomic E-state index is 11.6. The highest BCUT2D eigenvalue weighted by molar-refractivity contribution is 5.87. The topological polar surface area (TPSA) is 26.3 Å². The van der Waals surface area contributed by atoms with Gasteiger partial charge in [-0.05, 0) is 61.6 Å². The first-order valence-corrected chi connectivity index (χ1v) is 8.06. The molecule has 2 rings (SSSR count). The fourth-order valence-electron chi connectivity index (χ4n) is 2.91. The Morgan fingerprint density at radius 2 is 1.67 bits per heavy atom. The Bertz CT molecular complexity index is 760. The van der Waals surface area contributed by atoms with Gasteiger partial charge in [0.2, 0.25) is 0 Å². The molecule has 0 aliphatic carbocycles. The quantitative estimate of drug-likeness (QED) is 0.561. The summed E-state index contributed by atoms with van der Waals surface area (Å²) in [6, 6.07) is 14.5. The molecule has 0 aromatic heterocycles. The van der Waals surface area contributed by atoms with E-state index in [9.17, 15) is 4.79 Å². The van der Waals surface area contributed by atoms with Crippen LogP contribution in [0.3, 0.4) is 0 Å². The molecule has 0 unspecified atom stereocenters. The van der Waals surface area contributed by atoms with E-state index in [1.54, 1.807) is 6.92 Å². The third kappa shape index (κ3) is 4.23. The van der Waals surface area contributed by atoms with Crippen molar-refractivity contribution in [1.29, 1.82) is 0 Å². The third-order valence-electron chi connectivity index (χ3n) is 3.88. The van der Waals surface area contributed by atoms with Crippen LogP contribution in [0.1, 0.15) is 34.7 Å². The second kappa shape index (κ2) is 7.78. The minimum atomic E-state index is -0.365. The number of rotatable bonds is 5. The van der Waals surface area contributed by atoms with E-state index in [0.717, 1.165) is 11.1 Å². The van der Waals surface area contributed by atoms with E-state index >= 15 is 0 Å². The predicted octanol–water partition coefficient (Wildman–Crippen LogP) is 5.16. The normalized spacial score (nSPS) is 11.2. The summed E-state index contributed by atoms with van der Waals surface area (Å²) >= 11 is 0. The molecule has 0 bridgehead atoms. The third-order valence-corrected chi connectivity index (χ3v) is 3.88. The van der Waals surface area contributed by atoms with Gasteiger partial charge in [-0.3, -0.25) is 0 Å². The first kappa shape index (κ1) is 17.7. The molecule has 0 N–H and O–H groups in total. The Balaban J connectivity index is 2.45. The number of aryl methyl sites for hydroxylation is 3. The fourth-order valence-corrected chi connectivity index (χ4v) is 2.91. The smallest absolute Gasteiger partial charge is 0.333 e. The van der Waals surface area contributed by atoms with Crippen LogP contribution >= 0.6 is 0 Å². The van der Waals surface area contributed by atoms with Crippen molar-refractivity contribution in [3.63, 3.8) is 0 Å². The number of benzene rings is 2. The molecule has 2 heteroatoms. The largest absolute Gasteiger partial charge is 0.458 e. The molecule has 2 nitrogen and oxygen atoms in total. The summed E-state index contributed by atoms with van der Waals surface area (Å²) in [4.78, 5) is 11.6. The second-order valence-electron chi connectivity index (χ2n) is 6.14. The molecule has 24 heavy (non-hydrogen) atoms. The molecule has 124 valence electrons. The maximum Gasteiger partial charge on any atom is 0.333 e. The van der Waals surface area contributed by atoms with Gasteiger partial charge < -0.3 is 4.74 Å². The lowest BCUT2D eigenvalue weighted by molar-refractivity contribution is -0.137. The summed E-state index contributed by atoms with van der Waals surface area (Å²) < 4.78 is 5.27.